The number of piperidine rings is 1. The number of hydrogen-bond donors (Lipinski definition) is 1. The molecule has 1 N–H and O–H groups in total. The molecule has 0 aliphatic carbocycles. The lowest BCUT2D eigenvalue weighted by atomic mass is 9.90. The molecule has 1 aliphatic heterocycles. The third-order valence-corrected chi connectivity index (χ3v) is 4.34. The maximum absolute atomic E-state index is 12.7. The van der Waals surface area contributed by atoms with Crippen molar-refractivity contribution in [3.05, 3.63) is 34.3 Å². The molecular weight excluding hydrogens is 320 g/mol. The lowest BCUT2D eigenvalue weighted by molar-refractivity contribution is -0.157. The molecule has 1 fully saturated rings. The van der Waals surface area contributed by atoms with Gasteiger partial charge in [0.2, 0.25) is 0 Å². The zero-order chi connectivity index (χ0) is 14.6. The van der Waals surface area contributed by atoms with Crippen molar-refractivity contribution in [2.75, 3.05) is 27.2 Å². The van der Waals surface area contributed by atoms with Crippen molar-refractivity contribution < 1.29 is 9.53 Å². The van der Waals surface area contributed by atoms with Crippen LogP contribution in [0.25, 0.3) is 0 Å². The summed E-state index contributed by atoms with van der Waals surface area (Å²) in [6.45, 7) is 2.24. The topological polar surface area (TPSA) is 41.6 Å². The summed E-state index contributed by atoms with van der Waals surface area (Å²) >= 11 is 3.45. The van der Waals surface area contributed by atoms with Gasteiger partial charge in [0.15, 0.2) is 0 Å². The fourth-order valence-corrected chi connectivity index (χ4v) is 3.11. The van der Waals surface area contributed by atoms with Crippen LogP contribution in [0.1, 0.15) is 18.4 Å². The van der Waals surface area contributed by atoms with Gasteiger partial charge in [-0.3, -0.25) is 4.79 Å². The van der Waals surface area contributed by atoms with Crippen LogP contribution in [0.15, 0.2) is 28.7 Å². The second-order valence-electron chi connectivity index (χ2n) is 5.24. The van der Waals surface area contributed by atoms with Gasteiger partial charge in [-0.15, -0.1) is 0 Å². The molecule has 0 aromatic heterocycles. The monoisotopic (exact) mass is 340 g/mol. The van der Waals surface area contributed by atoms with Crippen LogP contribution in [0, 0.1) is 0 Å². The van der Waals surface area contributed by atoms with E-state index >= 15 is 0 Å². The van der Waals surface area contributed by atoms with Gasteiger partial charge in [-0.1, -0.05) is 28.1 Å². The van der Waals surface area contributed by atoms with Crippen LogP contribution in [-0.2, 0) is 16.1 Å². The standard InChI is InChI=1S/C15H21BrN2O2/c1-18(11-12-4-3-5-13(16)10-12)14(19)15(20-2)6-8-17-9-7-15/h3-5,10,17H,6-9,11H2,1-2H3. The number of hydrogen-bond acceptors (Lipinski definition) is 3. The zero-order valence-electron chi connectivity index (χ0n) is 12.0. The number of rotatable bonds is 4. The second kappa shape index (κ2) is 6.70. The Bertz CT molecular complexity index is 473. The first-order valence-electron chi connectivity index (χ1n) is 6.83. The smallest absolute Gasteiger partial charge is 0.254 e. The molecule has 1 heterocycles. The molecule has 1 aromatic carbocycles. The van der Waals surface area contributed by atoms with Gasteiger partial charge in [0.25, 0.3) is 5.91 Å². The number of methoxy groups -OCH3 is 1. The first-order chi connectivity index (χ1) is 9.57. The molecule has 5 heteroatoms. The molecule has 0 saturated carbocycles. The Morgan fingerprint density at radius 1 is 1.45 bits per heavy atom. The molecule has 0 unspecified atom stereocenters. The Hall–Kier alpha value is -0.910. The van der Waals surface area contributed by atoms with E-state index in [4.69, 9.17) is 4.74 Å². The minimum atomic E-state index is -0.661. The number of nitrogens with one attached hydrogen (secondary N) is 1. The summed E-state index contributed by atoms with van der Waals surface area (Å²) in [4.78, 5) is 14.5. The van der Waals surface area contributed by atoms with Crippen LogP contribution in [-0.4, -0.2) is 43.7 Å². The molecule has 2 rings (SSSR count). The predicted octanol–water partition coefficient (Wildman–Crippen LogP) is 2.18. The van der Waals surface area contributed by atoms with Crippen molar-refractivity contribution in [2.45, 2.75) is 25.0 Å². The van der Waals surface area contributed by atoms with Crippen LogP contribution in [0.4, 0.5) is 0 Å². The first-order valence-corrected chi connectivity index (χ1v) is 7.62. The molecule has 0 bridgehead atoms. The Kier molecular flexibility index (Phi) is 5.18. The summed E-state index contributed by atoms with van der Waals surface area (Å²) in [5, 5.41) is 3.27. The minimum Gasteiger partial charge on any atom is -0.368 e. The molecule has 0 spiro atoms. The Morgan fingerprint density at radius 2 is 2.15 bits per heavy atom. The van der Waals surface area contributed by atoms with E-state index in [2.05, 4.69) is 21.2 Å². The van der Waals surface area contributed by atoms with Crippen LogP contribution < -0.4 is 5.32 Å². The van der Waals surface area contributed by atoms with E-state index in [-0.39, 0.29) is 5.91 Å². The summed E-state index contributed by atoms with van der Waals surface area (Å²) in [5.74, 6) is 0.0708. The van der Waals surface area contributed by atoms with Crippen molar-refractivity contribution in [3.8, 4) is 0 Å². The number of benzene rings is 1. The number of amides is 1. The second-order valence-corrected chi connectivity index (χ2v) is 6.16. The zero-order valence-corrected chi connectivity index (χ0v) is 13.6. The van der Waals surface area contributed by atoms with Crippen molar-refractivity contribution >= 4 is 21.8 Å². The van der Waals surface area contributed by atoms with Gasteiger partial charge >= 0.3 is 0 Å². The highest BCUT2D eigenvalue weighted by Gasteiger charge is 2.41. The first kappa shape index (κ1) is 15.5. The lowest BCUT2D eigenvalue weighted by Crippen LogP contribution is -2.54. The summed E-state index contributed by atoms with van der Waals surface area (Å²) in [6.07, 6.45) is 1.45. The van der Waals surface area contributed by atoms with Gasteiger partial charge in [-0.05, 0) is 43.6 Å². The molecule has 1 aliphatic rings. The molecule has 20 heavy (non-hydrogen) atoms. The molecule has 4 nitrogen and oxygen atoms in total. The molecule has 1 amide bonds. The molecule has 0 radical (unpaired) electrons. The number of likely N-dealkylation sites (N-methyl/N-ethyl adjacent to an activating group) is 1. The van der Waals surface area contributed by atoms with Gasteiger partial charge in [0, 0.05) is 25.2 Å². The number of carbonyl (C=O) groups is 1. The van der Waals surface area contributed by atoms with E-state index in [1.165, 1.54) is 0 Å². The maximum atomic E-state index is 12.7. The van der Waals surface area contributed by atoms with E-state index < -0.39 is 5.60 Å². The fourth-order valence-electron chi connectivity index (χ4n) is 2.66. The van der Waals surface area contributed by atoms with Crippen molar-refractivity contribution in [2.24, 2.45) is 0 Å². The SMILES string of the molecule is COC1(C(=O)N(C)Cc2cccc(Br)c2)CCNCC1. The average molecular weight is 341 g/mol. The van der Waals surface area contributed by atoms with Gasteiger partial charge in [-0.2, -0.15) is 0 Å². The Morgan fingerprint density at radius 3 is 2.75 bits per heavy atom. The average Bonchev–Trinajstić information content (AvgIpc) is 2.47. The Labute approximate surface area is 128 Å². The van der Waals surface area contributed by atoms with Gasteiger partial charge in [0.05, 0.1) is 0 Å². The fraction of sp³-hybridized carbons (Fsp3) is 0.533. The van der Waals surface area contributed by atoms with E-state index in [9.17, 15) is 4.79 Å². The molecule has 110 valence electrons. The number of carbonyl (C=O) groups excluding carboxylic acids is 1. The highest BCUT2D eigenvalue weighted by atomic mass is 79.9. The number of halogens is 1. The van der Waals surface area contributed by atoms with Gasteiger partial charge in [0.1, 0.15) is 5.60 Å². The van der Waals surface area contributed by atoms with Crippen LogP contribution in [0.3, 0.4) is 0 Å². The van der Waals surface area contributed by atoms with E-state index in [0.29, 0.717) is 6.54 Å². The number of ether oxygens (including phenoxy) is 1. The van der Waals surface area contributed by atoms with Crippen molar-refractivity contribution in [1.82, 2.24) is 10.2 Å². The minimum absolute atomic E-state index is 0.0708. The Balaban J connectivity index is 2.07. The van der Waals surface area contributed by atoms with Crippen molar-refractivity contribution in [1.29, 1.82) is 0 Å². The third kappa shape index (κ3) is 3.40. The van der Waals surface area contributed by atoms with Crippen molar-refractivity contribution in [3.63, 3.8) is 0 Å². The number of nitrogens with zero attached hydrogens (tertiary/aromatic N) is 1. The molecule has 0 atom stereocenters. The van der Waals surface area contributed by atoms with Gasteiger partial charge < -0.3 is 15.0 Å². The van der Waals surface area contributed by atoms with E-state index in [0.717, 1.165) is 36.0 Å². The normalized spacial score (nSPS) is 17.8. The highest BCUT2D eigenvalue weighted by molar-refractivity contribution is 9.10. The van der Waals surface area contributed by atoms with E-state index in [1.807, 2.05) is 31.3 Å². The maximum Gasteiger partial charge on any atom is 0.254 e. The summed E-state index contributed by atoms with van der Waals surface area (Å²) in [5.41, 5.74) is 0.446. The summed E-state index contributed by atoms with van der Waals surface area (Å²) < 4.78 is 6.61. The summed E-state index contributed by atoms with van der Waals surface area (Å²) in [6, 6.07) is 8.02. The largest absolute Gasteiger partial charge is 0.368 e. The van der Waals surface area contributed by atoms with Crippen LogP contribution in [0.5, 0.6) is 0 Å². The van der Waals surface area contributed by atoms with Crippen LogP contribution in [0.2, 0.25) is 0 Å². The highest BCUT2D eigenvalue weighted by Crippen LogP contribution is 2.25. The molecule has 1 aromatic rings. The lowest BCUT2D eigenvalue weighted by Gasteiger charge is -2.37. The summed E-state index contributed by atoms with van der Waals surface area (Å²) in [7, 11) is 3.47. The van der Waals surface area contributed by atoms with E-state index in [1.54, 1.807) is 12.0 Å². The molecule has 1 saturated heterocycles. The molecular formula is C15H21BrN2O2. The predicted molar refractivity (Wildman–Crippen MR) is 82.5 cm³/mol. The third-order valence-electron chi connectivity index (χ3n) is 3.85. The quantitative estimate of drug-likeness (QED) is 0.913. The van der Waals surface area contributed by atoms with Gasteiger partial charge in [-0.25, -0.2) is 0 Å². The van der Waals surface area contributed by atoms with Crippen LogP contribution >= 0.6 is 15.9 Å².